The van der Waals surface area contributed by atoms with Gasteiger partial charge in [-0.1, -0.05) is 6.08 Å². The lowest BCUT2D eigenvalue weighted by atomic mass is 10.2. The Morgan fingerprint density at radius 3 is 2.81 bits per heavy atom. The quantitative estimate of drug-likeness (QED) is 0.390. The van der Waals surface area contributed by atoms with E-state index in [2.05, 4.69) is 0 Å². The molecule has 0 bridgehead atoms. The third-order valence-corrected chi connectivity index (χ3v) is 2.88. The number of esters is 1. The van der Waals surface area contributed by atoms with Crippen LogP contribution >= 0.6 is 0 Å². The zero-order valence-corrected chi connectivity index (χ0v) is 9.77. The Bertz CT molecular complexity index is 293. The van der Waals surface area contributed by atoms with Gasteiger partial charge in [0.2, 0.25) is 0 Å². The van der Waals surface area contributed by atoms with E-state index >= 15 is 0 Å². The van der Waals surface area contributed by atoms with Gasteiger partial charge in [0.25, 0.3) is 0 Å². The number of carbonyl (C=O) groups excluding carboxylic acids is 1. The van der Waals surface area contributed by atoms with Gasteiger partial charge < -0.3 is 14.2 Å². The van der Waals surface area contributed by atoms with Gasteiger partial charge in [0.1, 0.15) is 12.7 Å². The highest BCUT2D eigenvalue weighted by Crippen LogP contribution is 2.21. The zero-order valence-electron chi connectivity index (χ0n) is 9.77. The molecule has 0 spiro atoms. The van der Waals surface area contributed by atoms with E-state index in [9.17, 15) is 4.79 Å². The van der Waals surface area contributed by atoms with E-state index in [4.69, 9.17) is 14.2 Å². The second-order valence-corrected chi connectivity index (χ2v) is 4.40. The van der Waals surface area contributed by atoms with Crippen molar-refractivity contribution in [1.29, 1.82) is 0 Å². The molecule has 2 fully saturated rings. The maximum atomic E-state index is 11.5. The van der Waals surface area contributed by atoms with Crippen LogP contribution in [0.3, 0.4) is 0 Å². The molecule has 2 aliphatic rings. The third-order valence-electron chi connectivity index (χ3n) is 2.88. The summed E-state index contributed by atoms with van der Waals surface area (Å²) < 4.78 is 15.4. The van der Waals surface area contributed by atoms with Crippen molar-refractivity contribution in [2.45, 2.75) is 45.0 Å². The number of ether oxygens (including phenoxy) is 3. The summed E-state index contributed by atoms with van der Waals surface area (Å²) in [5.41, 5.74) is 0.675. The number of allylic oxidation sites excluding steroid dienone is 1. The van der Waals surface area contributed by atoms with Gasteiger partial charge in [-0.15, -0.1) is 0 Å². The molecule has 0 amide bonds. The molecule has 2 heterocycles. The average Bonchev–Trinajstić information content (AvgIpc) is 3.13. The van der Waals surface area contributed by atoms with Crippen molar-refractivity contribution in [3.63, 3.8) is 0 Å². The second kappa shape index (κ2) is 4.97. The normalized spacial score (nSPS) is 32.4. The minimum absolute atomic E-state index is 0.108. The molecule has 90 valence electrons. The van der Waals surface area contributed by atoms with Crippen LogP contribution in [0.5, 0.6) is 0 Å². The standard InChI is InChI=1S/C12H18O4/c1-8(4-3-5-10-6-14-10)12(13)15-7-11-9(2)16-11/h4,9-11H,3,5-7H2,1-2H3. The predicted molar refractivity (Wildman–Crippen MR) is 58.0 cm³/mol. The molecule has 0 aromatic rings. The smallest absolute Gasteiger partial charge is 0.333 e. The summed E-state index contributed by atoms with van der Waals surface area (Å²) in [5.74, 6) is -0.237. The largest absolute Gasteiger partial charge is 0.459 e. The molecule has 16 heavy (non-hydrogen) atoms. The Morgan fingerprint density at radius 2 is 2.25 bits per heavy atom. The van der Waals surface area contributed by atoms with Crippen molar-refractivity contribution in [2.24, 2.45) is 0 Å². The van der Waals surface area contributed by atoms with Crippen LogP contribution in [0.1, 0.15) is 26.7 Å². The van der Waals surface area contributed by atoms with E-state index in [1.807, 2.05) is 13.0 Å². The minimum atomic E-state index is -0.237. The SMILES string of the molecule is CC(=CCCC1CO1)C(=O)OCC1OC1C. The van der Waals surface area contributed by atoms with E-state index in [1.165, 1.54) is 0 Å². The van der Waals surface area contributed by atoms with Gasteiger partial charge in [0, 0.05) is 5.57 Å². The molecule has 2 rings (SSSR count). The van der Waals surface area contributed by atoms with Gasteiger partial charge in [0.15, 0.2) is 0 Å². The summed E-state index contributed by atoms with van der Waals surface area (Å²) in [7, 11) is 0. The molecule has 0 aromatic carbocycles. The molecule has 3 unspecified atom stereocenters. The van der Waals surface area contributed by atoms with E-state index in [0.717, 1.165) is 19.4 Å². The monoisotopic (exact) mass is 226 g/mol. The Kier molecular flexibility index (Phi) is 3.61. The summed E-state index contributed by atoms with van der Waals surface area (Å²) in [4.78, 5) is 11.5. The van der Waals surface area contributed by atoms with Gasteiger partial charge in [0.05, 0.1) is 18.8 Å². The van der Waals surface area contributed by atoms with Crippen molar-refractivity contribution in [3.05, 3.63) is 11.6 Å². The number of hydrogen-bond donors (Lipinski definition) is 0. The average molecular weight is 226 g/mol. The van der Waals surface area contributed by atoms with Crippen molar-refractivity contribution >= 4 is 5.97 Å². The fourth-order valence-electron chi connectivity index (χ4n) is 1.48. The highest BCUT2D eigenvalue weighted by Gasteiger charge is 2.35. The topological polar surface area (TPSA) is 51.4 Å². The first-order valence-electron chi connectivity index (χ1n) is 5.78. The lowest BCUT2D eigenvalue weighted by Gasteiger charge is -2.02. The highest BCUT2D eigenvalue weighted by atomic mass is 16.6. The van der Waals surface area contributed by atoms with Crippen molar-refractivity contribution < 1.29 is 19.0 Å². The summed E-state index contributed by atoms with van der Waals surface area (Å²) in [6.45, 7) is 5.00. The summed E-state index contributed by atoms with van der Waals surface area (Å²) in [6, 6.07) is 0. The van der Waals surface area contributed by atoms with Crippen molar-refractivity contribution in [2.75, 3.05) is 13.2 Å². The molecule has 2 aliphatic heterocycles. The molecule has 0 aliphatic carbocycles. The van der Waals surface area contributed by atoms with Crippen LogP contribution in [0.25, 0.3) is 0 Å². The van der Waals surface area contributed by atoms with Crippen molar-refractivity contribution in [1.82, 2.24) is 0 Å². The minimum Gasteiger partial charge on any atom is -0.459 e. The van der Waals surface area contributed by atoms with Gasteiger partial charge in [-0.3, -0.25) is 0 Å². The molecule has 0 N–H and O–H groups in total. The Morgan fingerprint density at radius 1 is 1.56 bits per heavy atom. The number of hydrogen-bond acceptors (Lipinski definition) is 4. The second-order valence-electron chi connectivity index (χ2n) is 4.40. The maximum Gasteiger partial charge on any atom is 0.333 e. The third kappa shape index (κ3) is 3.61. The van der Waals surface area contributed by atoms with Gasteiger partial charge in [-0.2, -0.15) is 0 Å². The molecule has 3 atom stereocenters. The van der Waals surface area contributed by atoms with Crippen LogP contribution in [0.2, 0.25) is 0 Å². The molecule has 2 saturated heterocycles. The summed E-state index contributed by atoms with van der Waals surface area (Å²) in [6.07, 6.45) is 4.55. The fourth-order valence-corrected chi connectivity index (χ4v) is 1.48. The maximum absolute atomic E-state index is 11.5. The summed E-state index contributed by atoms with van der Waals surface area (Å²) in [5, 5.41) is 0. The zero-order chi connectivity index (χ0) is 11.5. The number of epoxide rings is 2. The Balaban J connectivity index is 1.61. The number of carbonyl (C=O) groups is 1. The first kappa shape index (κ1) is 11.6. The highest BCUT2D eigenvalue weighted by molar-refractivity contribution is 5.87. The molecule has 4 nitrogen and oxygen atoms in total. The van der Waals surface area contributed by atoms with E-state index in [1.54, 1.807) is 6.92 Å². The van der Waals surface area contributed by atoms with Crippen LogP contribution in [0.4, 0.5) is 0 Å². The summed E-state index contributed by atoms with van der Waals surface area (Å²) >= 11 is 0. The van der Waals surface area contributed by atoms with Gasteiger partial charge >= 0.3 is 5.97 Å². The molecule has 4 heteroatoms. The van der Waals surface area contributed by atoms with Crippen LogP contribution in [0, 0.1) is 0 Å². The first-order valence-corrected chi connectivity index (χ1v) is 5.78. The van der Waals surface area contributed by atoms with Gasteiger partial charge in [-0.25, -0.2) is 4.79 Å². The van der Waals surface area contributed by atoms with E-state index < -0.39 is 0 Å². The van der Waals surface area contributed by atoms with E-state index in [-0.39, 0.29) is 18.2 Å². The predicted octanol–water partition coefficient (Wildman–Crippen LogP) is 1.44. The van der Waals surface area contributed by atoms with Crippen LogP contribution in [0.15, 0.2) is 11.6 Å². The van der Waals surface area contributed by atoms with Crippen molar-refractivity contribution in [3.8, 4) is 0 Å². The Labute approximate surface area is 95.6 Å². The fraction of sp³-hybridized carbons (Fsp3) is 0.750. The van der Waals surface area contributed by atoms with Crippen LogP contribution in [-0.2, 0) is 19.0 Å². The number of rotatable bonds is 6. The van der Waals surface area contributed by atoms with E-state index in [0.29, 0.717) is 18.3 Å². The molecular formula is C12H18O4. The molecule has 0 aromatic heterocycles. The molecule has 0 radical (unpaired) electrons. The first-order chi connectivity index (χ1) is 7.66. The lowest BCUT2D eigenvalue weighted by Crippen LogP contribution is -2.11. The van der Waals surface area contributed by atoms with Crippen LogP contribution < -0.4 is 0 Å². The molecule has 0 saturated carbocycles. The van der Waals surface area contributed by atoms with Gasteiger partial charge in [-0.05, 0) is 26.7 Å². The molecular weight excluding hydrogens is 208 g/mol. The Hall–Kier alpha value is -0.870. The van der Waals surface area contributed by atoms with Crippen LogP contribution in [-0.4, -0.2) is 37.5 Å². The lowest BCUT2D eigenvalue weighted by molar-refractivity contribution is -0.139.